The predicted molar refractivity (Wildman–Crippen MR) is 123 cm³/mol. The van der Waals surface area contributed by atoms with Gasteiger partial charge in [0.2, 0.25) is 0 Å². The van der Waals surface area contributed by atoms with Gasteiger partial charge < -0.3 is 10.2 Å². The van der Waals surface area contributed by atoms with E-state index in [2.05, 4.69) is 40.4 Å². The quantitative estimate of drug-likeness (QED) is 0.500. The van der Waals surface area contributed by atoms with E-state index < -0.39 is 0 Å². The van der Waals surface area contributed by atoms with Crippen molar-refractivity contribution in [3.8, 4) is 0 Å². The molecule has 0 aliphatic carbocycles. The van der Waals surface area contributed by atoms with Crippen LogP contribution in [0.15, 0.2) is 76.8 Å². The Balaban J connectivity index is 1.72. The highest BCUT2D eigenvalue weighted by Crippen LogP contribution is 2.42. The van der Waals surface area contributed by atoms with Gasteiger partial charge in [0.05, 0.1) is 16.9 Å². The molecule has 0 atom stereocenters. The first-order chi connectivity index (χ1) is 14.7. The normalized spacial score (nSPS) is 13.1. The van der Waals surface area contributed by atoms with E-state index in [1.807, 2.05) is 48.2 Å². The van der Waals surface area contributed by atoms with Crippen LogP contribution in [0.2, 0.25) is 0 Å². The Morgan fingerprint density at radius 1 is 1.07 bits per heavy atom. The van der Waals surface area contributed by atoms with Crippen LogP contribution in [0.25, 0.3) is 0 Å². The van der Waals surface area contributed by atoms with Gasteiger partial charge in [0.1, 0.15) is 0 Å². The van der Waals surface area contributed by atoms with E-state index in [0.29, 0.717) is 6.54 Å². The molecule has 1 aliphatic rings. The van der Waals surface area contributed by atoms with Gasteiger partial charge in [-0.3, -0.25) is 9.78 Å². The summed E-state index contributed by atoms with van der Waals surface area (Å²) in [4.78, 5) is 25.8. The summed E-state index contributed by atoms with van der Waals surface area (Å²) in [5.74, 6) is 0.760. The molecule has 1 amide bonds. The van der Waals surface area contributed by atoms with Crippen LogP contribution in [0.4, 0.5) is 17.2 Å². The zero-order valence-corrected chi connectivity index (χ0v) is 17.9. The van der Waals surface area contributed by atoms with Crippen molar-refractivity contribution in [1.82, 2.24) is 9.97 Å². The van der Waals surface area contributed by atoms with Crippen molar-refractivity contribution < 1.29 is 4.79 Å². The highest BCUT2D eigenvalue weighted by Gasteiger charge is 2.26. The second kappa shape index (κ2) is 9.13. The van der Waals surface area contributed by atoms with Crippen LogP contribution in [-0.4, -0.2) is 22.4 Å². The number of unbranched alkanes of at least 4 members (excludes halogenated alkanes) is 1. The summed E-state index contributed by atoms with van der Waals surface area (Å²) in [6.07, 6.45) is 9.69. The Hall–Kier alpha value is -3.12. The first kappa shape index (κ1) is 20.2. The molecule has 6 heteroatoms. The van der Waals surface area contributed by atoms with E-state index in [1.54, 1.807) is 24.2 Å². The molecule has 2 heterocycles. The van der Waals surface area contributed by atoms with Crippen LogP contribution >= 0.6 is 11.8 Å². The first-order valence-corrected chi connectivity index (χ1v) is 10.9. The van der Waals surface area contributed by atoms with E-state index in [9.17, 15) is 4.79 Å². The minimum absolute atomic E-state index is 0.0310. The fourth-order valence-electron chi connectivity index (χ4n) is 3.31. The Labute approximate surface area is 181 Å². The third-order valence-electron chi connectivity index (χ3n) is 4.89. The van der Waals surface area contributed by atoms with Crippen LogP contribution in [0.3, 0.4) is 0 Å². The second-order valence-electron chi connectivity index (χ2n) is 7.07. The van der Waals surface area contributed by atoms with Crippen molar-refractivity contribution in [1.29, 1.82) is 0 Å². The standard InChI is InChI=1S/C24H24N4OS/c1-3-4-5-8-15-28-20-12-11-18(27-23-17(2)25-13-14-26-23)16-22(20)30-21-10-7-6-9-19(21)24(28)29/h5-14,16H,3-4,15H2,1-2H3,(H,26,27)/b8-5+. The van der Waals surface area contributed by atoms with Gasteiger partial charge in [-0.25, -0.2) is 4.98 Å². The molecule has 2 aromatic carbocycles. The van der Waals surface area contributed by atoms with Gasteiger partial charge in [-0.2, -0.15) is 0 Å². The number of nitrogens with zero attached hydrogens (tertiary/aromatic N) is 3. The lowest BCUT2D eigenvalue weighted by molar-refractivity contribution is 0.0987. The topological polar surface area (TPSA) is 58.1 Å². The fourth-order valence-corrected chi connectivity index (χ4v) is 4.43. The van der Waals surface area contributed by atoms with E-state index in [4.69, 9.17) is 0 Å². The molecule has 3 aromatic rings. The van der Waals surface area contributed by atoms with E-state index in [-0.39, 0.29) is 5.91 Å². The SMILES string of the molecule is CCC/C=C/CN1C(=O)c2ccccc2Sc2cc(Nc3nccnc3C)ccc21. The van der Waals surface area contributed by atoms with Gasteiger partial charge in [-0.05, 0) is 43.7 Å². The molecule has 1 aliphatic heterocycles. The van der Waals surface area contributed by atoms with Crippen LogP contribution < -0.4 is 10.2 Å². The number of aryl methyl sites for hydroxylation is 1. The van der Waals surface area contributed by atoms with Crippen molar-refractivity contribution in [3.05, 3.63) is 78.3 Å². The van der Waals surface area contributed by atoms with E-state index in [0.717, 1.165) is 51.1 Å². The van der Waals surface area contributed by atoms with Crippen molar-refractivity contribution in [2.75, 3.05) is 16.8 Å². The molecule has 0 bridgehead atoms. The van der Waals surface area contributed by atoms with Crippen molar-refractivity contribution in [3.63, 3.8) is 0 Å². The number of anilines is 3. The molecule has 0 spiro atoms. The third-order valence-corrected chi connectivity index (χ3v) is 6.01. The minimum Gasteiger partial charge on any atom is -0.339 e. The Morgan fingerprint density at radius 2 is 1.90 bits per heavy atom. The maximum absolute atomic E-state index is 13.3. The predicted octanol–water partition coefficient (Wildman–Crippen LogP) is 6.00. The van der Waals surface area contributed by atoms with Crippen molar-refractivity contribution >= 4 is 34.9 Å². The smallest absolute Gasteiger partial charge is 0.259 e. The number of allylic oxidation sites excluding steroid dienone is 1. The summed E-state index contributed by atoms with van der Waals surface area (Å²) >= 11 is 1.62. The molecule has 0 unspecified atom stereocenters. The summed E-state index contributed by atoms with van der Waals surface area (Å²) in [7, 11) is 0. The van der Waals surface area contributed by atoms with Gasteiger partial charge in [0, 0.05) is 34.4 Å². The number of hydrogen-bond acceptors (Lipinski definition) is 5. The third kappa shape index (κ3) is 4.24. The Kier molecular flexibility index (Phi) is 6.14. The molecule has 0 fully saturated rings. The molecule has 5 nitrogen and oxygen atoms in total. The molecular formula is C24H24N4OS. The number of benzene rings is 2. The van der Waals surface area contributed by atoms with Gasteiger partial charge >= 0.3 is 0 Å². The maximum Gasteiger partial charge on any atom is 0.259 e. The van der Waals surface area contributed by atoms with E-state index >= 15 is 0 Å². The number of carbonyl (C=O) groups is 1. The summed E-state index contributed by atoms with van der Waals surface area (Å²) in [6.45, 7) is 4.63. The van der Waals surface area contributed by atoms with E-state index in [1.165, 1.54) is 0 Å². The highest BCUT2D eigenvalue weighted by atomic mass is 32.2. The Morgan fingerprint density at radius 3 is 2.73 bits per heavy atom. The first-order valence-electron chi connectivity index (χ1n) is 10.1. The summed E-state index contributed by atoms with van der Waals surface area (Å²) in [5.41, 5.74) is 3.41. The molecule has 4 rings (SSSR count). The Bertz CT molecular complexity index is 1100. The monoisotopic (exact) mass is 416 g/mol. The fraction of sp³-hybridized carbons (Fsp3) is 0.208. The largest absolute Gasteiger partial charge is 0.339 e. The molecule has 0 radical (unpaired) electrons. The summed E-state index contributed by atoms with van der Waals surface area (Å²) < 4.78 is 0. The lowest BCUT2D eigenvalue weighted by Gasteiger charge is -2.22. The highest BCUT2D eigenvalue weighted by molar-refractivity contribution is 7.99. The van der Waals surface area contributed by atoms with Crippen LogP contribution in [-0.2, 0) is 0 Å². The van der Waals surface area contributed by atoms with Gasteiger partial charge in [-0.15, -0.1) is 0 Å². The average molecular weight is 417 g/mol. The molecule has 0 saturated carbocycles. The molecule has 1 aromatic heterocycles. The average Bonchev–Trinajstić information content (AvgIpc) is 2.87. The minimum atomic E-state index is 0.0310. The van der Waals surface area contributed by atoms with Crippen LogP contribution in [0.5, 0.6) is 0 Å². The summed E-state index contributed by atoms with van der Waals surface area (Å²) in [5, 5.41) is 3.35. The number of nitrogens with one attached hydrogen (secondary N) is 1. The van der Waals surface area contributed by atoms with Crippen molar-refractivity contribution in [2.24, 2.45) is 0 Å². The van der Waals surface area contributed by atoms with Crippen molar-refractivity contribution in [2.45, 2.75) is 36.5 Å². The number of rotatable bonds is 6. The molecule has 152 valence electrons. The van der Waals surface area contributed by atoms with Gasteiger partial charge in [0.15, 0.2) is 5.82 Å². The zero-order valence-electron chi connectivity index (χ0n) is 17.1. The van der Waals surface area contributed by atoms with Gasteiger partial charge in [0.25, 0.3) is 5.91 Å². The number of carbonyl (C=O) groups excluding carboxylic acids is 1. The molecular weight excluding hydrogens is 392 g/mol. The number of amides is 1. The molecule has 1 N–H and O–H groups in total. The lowest BCUT2D eigenvalue weighted by Crippen LogP contribution is -2.31. The lowest BCUT2D eigenvalue weighted by atomic mass is 10.1. The number of hydrogen-bond donors (Lipinski definition) is 1. The molecule has 0 saturated heterocycles. The number of aromatic nitrogens is 2. The van der Waals surface area contributed by atoms with Gasteiger partial charge in [-0.1, -0.05) is 49.4 Å². The zero-order chi connectivity index (χ0) is 20.9. The molecule has 30 heavy (non-hydrogen) atoms. The van der Waals surface area contributed by atoms with Crippen LogP contribution in [0, 0.1) is 6.92 Å². The summed E-state index contributed by atoms with van der Waals surface area (Å²) in [6, 6.07) is 13.9. The van der Waals surface area contributed by atoms with Crippen LogP contribution in [0.1, 0.15) is 35.8 Å². The number of fused-ring (bicyclic) bond motifs is 2. The second-order valence-corrected chi connectivity index (χ2v) is 8.16. The maximum atomic E-state index is 13.3.